The molecule has 0 bridgehead atoms. The van der Waals surface area contributed by atoms with Crippen LogP contribution < -0.4 is 5.76 Å². The second-order valence-corrected chi connectivity index (χ2v) is 6.83. The number of rotatable bonds is 6. The molecule has 0 unspecified atom stereocenters. The highest BCUT2D eigenvalue weighted by Gasteiger charge is 2.13. The van der Waals surface area contributed by atoms with Crippen molar-refractivity contribution in [1.29, 1.82) is 0 Å². The number of hydrogen-bond acceptors (Lipinski definition) is 5. The van der Waals surface area contributed by atoms with Gasteiger partial charge in [-0.15, -0.1) is 16.4 Å². The molecule has 0 fully saturated rings. The van der Waals surface area contributed by atoms with Gasteiger partial charge in [0.25, 0.3) is 0 Å². The monoisotopic (exact) mass is 349 g/mol. The van der Waals surface area contributed by atoms with Crippen LogP contribution in [0.3, 0.4) is 0 Å². The second kappa shape index (κ2) is 7.12. The summed E-state index contributed by atoms with van der Waals surface area (Å²) < 4.78 is 7.36. The Labute approximate surface area is 142 Å². The Morgan fingerprint density at radius 3 is 2.70 bits per heavy atom. The first-order chi connectivity index (χ1) is 11.2. The van der Waals surface area contributed by atoms with Crippen molar-refractivity contribution in [3.8, 4) is 11.5 Å². The predicted octanol–water partition coefficient (Wildman–Crippen LogP) is 3.70. The van der Waals surface area contributed by atoms with Gasteiger partial charge < -0.3 is 4.42 Å². The summed E-state index contributed by atoms with van der Waals surface area (Å²) in [6, 6.07) is 13.3. The molecule has 3 rings (SSSR count). The van der Waals surface area contributed by atoms with Crippen LogP contribution >= 0.6 is 22.9 Å². The van der Waals surface area contributed by atoms with Crippen LogP contribution in [0.25, 0.3) is 11.5 Å². The van der Waals surface area contributed by atoms with Gasteiger partial charge in [0.05, 0.1) is 4.34 Å². The quantitative estimate of drug-likeness (QED) is 0.681. The van der Waals surface area contributed by atoms with Crippen LogP contribution in [0.2, 0.25) is 4.34 Å². The molecule has 2 aromatic heterocycles. The zero-order valence-corrected chi connectivity index (χ0v) is 14.2. The van der Waals surface area contributed by atoms with E-state index in [9.17, 15) is 4.79 Å². The number of hydrogen-bond donors (Lipinski definition) is 0. The molecule has 3 aromatic rings. The SMILES string of the molecule is CCN(Cc1ccc(Cl)s1)Cn1nc(-c2ccccc2)oc1=O. The minimum atomic E-state index is -0.452. The van der Waals surface area contributed by atoms with Crippen molar-refractivity contribution in [3.05, 3.63) is 62.2 Å². The Bertz CT molecular complexity index is 825. The van der Waals surface area contributed by atoms with E-state index in [1.165, 1.54) is 4.68 Å². The van der Waals surface area contributed by atoms with Crippen LogP contribution in [-0.4, -0.2) is 21.2 Å². The standard InChI is InChI=1S/C16H16ClN3O2S/c1-2-19(10-13-8-9-14(17)23-13)11-20-16(21)22-15(18-20)12-6-4-3-5-7-12/h3-9H,2,10-11H2,1H3. The zero-order valence-electron chi connectivity index (χ0n) is 12.6. The highest BCUT2D eigenvalue weighted by atomic mass is 35.5. The van der Waals surface area contributed by atoms with E-state index in [0.717, 1.165) is 21.3 Å². The third-order valence-electron chi connectivity index (χ3n) is 3.42. The molecule has 5 nitrogen and oxygen atoms in total. The fourth-order valence-corrected chi connectivity index (χ4v) is 3.33. The van der Waals surface area contributed by atoms with Crippen molar-refractivity contribution >= 4 is 22.9 Å². The average Bonchev–Trinajstić information content (AvgIpc) is 3.14. The van der Waals surface area contributed by atoms with Gasteiger partial charge in [-0.25, -0.2) is 4.79 Å². The van der Waals surface area contributed by atoms with Crippen LogP contribution in [0.4, 0.5) is 0 Å². The lowest BCUT2D eigenvalue weighted by atomic mass is 10.2. The molecule has 23 heavy (non-hydrogen) atoms. The molecule has 0 spiro atoms. The molecular weight excluding hydrogens is 334 g/mol. The van der Waals surface area contributed by atoms with E-state index in [-0.39, 0.29) is 0 Å². The number of aromatic nitrogens is 2. The fraction of sp³-hybridized carbons (Fsp3) is 0.250. The van der Waals surface area contributed by atoms with E-state index in [0.29, 0.717) is 19.1 Å². The van der Waals surface area contributed by atoms with E-state index in [2.05, 4.69) is 10.00 Å². The minimum Gasteiger partial charge on any atom is -0.388 e. The summed E-state index contributed by atoms with van der Waals surface area (Å²) in [6.45, 7) is 3.92. The summed E-state index contributed by atoms with van der Waals surface area (Å²) >= 11 is 7.50. The molecule has 7 heteroatoms. The van der Waals surface area contributed by atoms with E-state index in [1.807, 2.05) is 49.4 Å². The molecule has 0 atom stereocenters. The molecule has 2 heterocycles. The first kappa shape index (κ1) is 16.0. The van der Waals surface area contributed by atoms with Crippen molar-refractivity contribution in [1.82, 2.24) is 14.7 Å². The smallest absolute Gasteiger partial charge is 0.388 e. The average molecular weight is 350 g/mol. The molecular formula is C16H16ClN3O2S. The summed E-state index contributed by atoms with van der Waals surface area (Å²) in [5.74, 6) is -0.114. The van der Waals surface area contributed by atoms with Crippen molar-refractivity contribution in [2.45, 2.75) is 20.1 Å². The Balaban J connectivity index is 1.76. The Morgan fingerprint density at radius 2 is 2.04 bits per heavy atom. The molecule has 120 valence electrons. The second-order valence-electron chi connectivity index (χ2n) is 5.03. The summed E-state index contributed by atoms with van der Waals surface area (Å²) in [5, 5.41) is 4.29. The first-order valence-electron chi connectivity index (χ1n) is 7.25. The van der Waals surface area contributed by atoms with Crippen molar-refractivity contribution in [3.63, 3.8) is 0 Å². The van der Waals surface area contributed by atoms with Gasteiger partial charge in [-0.1, -0.05) is 36.7 Å². The van der Waals surface area contributed by atoms with E-state index in [4.69, 9.17) is 16.0 Å². The third kappa shape index (κ3) is 3.90. The lowest BCUT2D eigenvalue weighted by molar-refractivity contribution is 0.203. The maximum Gasteiger partial charge on any atom is 0.438 e. The minimum absolute atomic E-state index is 0.339. The molecule has 0 radical (unpaired) electrons. The summed E-state index contributed by atoms with van der Waals surface area (Å²) in [4.78, 5) is 15.3. The van der Waals surface area contributed by atoms with Gasteiger partial charge in [-0.3, -0.25) is 4.90 Å². The van der Waals surface area contributed by atoms with Gasteiger partial charge in [-0.2, -0.15) is 4.68 Å². The highest BCUT2D eigenvalue weighted by molar-refractivity contribution is 7.16. The molecule has 0 aliphatic rings. The van der Waals surface area contributed by atoms with Crippen molar-refractivity contribution in [2.24, 2.45) is 0 Å². The van der Waals surface area contributed by atoms with Gasteiger partial charge >= 0.3 is 5.76 Å². The van der Waals surface area contributed by atoms with Crippen LogP contribution in [0.5, 0.6) is 0 Å². The maximum absolute atomic E-state index is 12.0. The van der Waals surface area contributed by atoms with Crippen LogP contribution in [0, 0.1) is 0 Å². The normalized spacial score (nSPS) is 11.3. The molecule has 0 N–H and O–H groups in total. The molecule has 0 aliphatic heterocycles. The lowest BCUT2D eigenvalue weighted by Crippen LogP contribution is -2.30. The van der Waals surface area contributed by atoms with Crippen LogP contribution in [-0.2, 0) is 13.2 Å². The topological polar surface area (TPSA) is 51.3 Å². The van der Waals surface area contributed by atoms with Crippen LogP contribution in [0.1, 0.15) is 11.8 Å². The molecule has 0 aliphatic carbocycles. The molecule has 0 saturated heterocycles. The zero-order chi connectivity index (χ0) is 16.2. The van der Waals surface area contributed by atoms with Crippen molar-refractivity contribution < 1.29 is 4.42 Å². The summed E-state index contributed by atoms with van der Waals surface area (Å²) in [6.07, 6.45) is 0. The largest absolute Gasteiger partial charge is 0.438 e. The highest BCUT2D eigenvalue weighted by Crippen LogP contribution is 2.22. The molecule has 0 amide bonds. The molecule has 0 saturated carbocycles. The number of nitrogens with zero attached hydrogens (tertiary/aromatic N) is 3. The van der Waals surface area contributed by atoms with Gasteiger partial charge in [0.1, 0.15) is 6.67 Å². The Hall–Kier alpha value is -1.89. The number of thiophene rings is 1. The fourth-order valence-electron chi connectivity index (χ4n) is 2.20. The first-order valence-corrected chi connectivity index (χ1v) is 8.45. The maximum atomic E-state index is 12.0. The van der Waals surface area contributed by atoms with E-state index in [1.54, 1.807) is 11.3 Å². The van der Waals surface area contributed by atoms with E-state index < -0.39 is 5.76 Å². The van der Waals surface area contributed by atoms with Crippen LogP contribution in [0.15, 0.2) is 51.7 Å². The van der Waals surface area contributed by atoms with Gasteiger partial charge in [-0.05, 0) is 30.8 Å². The van der Waals surface area contributed by atoms with Gasteiger partial charge in [0.2, 0.25) is 5.89 Å². The van der Waals surface area contributed by atoms with Gasteiger partial charge in [0.15, 0.2) is 0 Å². The van der Waals surface area contributed by atoms with Crippen molar-refractivity contribution in [2.75, 3.05) is 6.54 Å². The Kier molecular flexibility index (Phi) is 4.95. The summed E-state index contributed by atoms with van der Waals surface area (Å²) in [7, 11) is 0. The van der Waals surface area contributed by atoms with Gasteiger partial charge in [0, 0.05) is 17.0 Å². The molecule has 1 aromatic carbocycles. The number of benzene rings is 1. The van der Waals surface area contributed by atoms with E-state index >= 15 is 0 Å². The lowest BCUT2D eigenvalue weighted by Gasteiger charge is -2.18. The Morgan fingerprint density at radius 1 is 1.26 bits per heavy atom. The predicted molar refractivity (Wildman–Crippen MR) is 91.6 cm³/mol. The summed E-state index contributed by atoms with van der Waals surface area (Å²) in [5.41, 5.74) is 0.788. The third-order valence-corrected chi connectivity index (χ3v) is 4.63. The number of halogens is 1.